The molecule has 7 nitrogen and oxygen atoms in total. The minimum absolute atomic E-state index is 0.0361. The van der Waals surface area contributed by atoms with Gasteiger partial charge in [0.15, 0.2) is 17.2 Å². The summed E-state index contributed by atoms with van der Waals surface area (Å²) in [5.74, 6) is -1.00. The monoisotopic (exact) mass is 594 g/mol. The number of unbranched alkanes of at least 4 members (excludes halogenated alkanes) is 3. The van der Waals surface area contributed by atoms with Crippen molar-refractivity contribution >= 4 is 28.4 Å². The molecule has 0 atom stereocenters. The Morgan fingerprint density at radius 3 is 2.05 bits per heavy atom. The van der Waals surface area contributed by atoms with E-state index in [-0.39, 0.29) is 28.3 Å². The molecule has 0 bridgehead atoms. The van der Waals surface area contributed by atoms with Crippen LogP contribution in [0.3, 0.4) is 0 Å². The summed E-state index contributed by atoms with van der Waals surface area (Å²) in [5, 5.41) is 23.5. The number of hydrogen-bond donors (Lipinski definition) is 1. The van der Waals surface area contributed by atoms with Crippen LogP contribution in [0.15, 0.2) is 69.5 Å². The Balaban J connectivity index is 1.48. The number of aromatic hydroxyl groups is 1. The maximum Gasteiger partial charge on any atom is 0.268 e. The number of Topliss-reactive ketones (excluding diaryl/α,β-unsaturated/α-hetero) is 1. The largest absolute Gasteiger partial charge is 0.871 e. The highest BCUT2D eigenvalue weighted by atomic mass is 16.3. The summed E-state index contributed by atoms with van der Waals surface area (Å²) in [7, 11) is 0. The molecule has 0 radical (unpaired) electrons. The van der Waals surface area contributed by atoms with E-state index >= 15 is 0 Å². The summed E-state index contributed by atoms with van der Waals surface area (Å²) in [6, 6.07) is 13.3. The third-order valence-electron chi connectivity index (χ3n) is 9.11. The first-order valence-electron chi connectivity index (χ1n) is 15.9. The van der Waals surface area contributed by atoms with Crippen molar-refractivity contribution in [1.29, 1.82) is 0 Å². The van der Waals surface area contributed by atoms with Gasteiger partial charge in [0.05, 0.1) is 11.0 Å². The van der Waals surface area contributed by atoms with Gasteiger partial charge in [-0.05, 0) is 62.1 Å². The van der Waals surface area contributed by atoms with Crippen LogP contribution >= 0.6 is 0 Å². The molecule has 1 aliphatic heterocycles. The molecule has 0 spiro atoms. The Hall–Kier alpha value is -4.26. The van der Waals surface area contributed by atoms with Crippen molar-refractivity contribution in [3.8, 4) is 16.9 Å². The zero-order chi connectivity index (χ0) is 31.8. The van der Waals surface area contributed by atoms with E-state index in [0.29, 0.717) is 17.7 Å². The Morgan fingerprint density at radius 1 is 0.864 bits per heavy atom. The molecular formula is C37H42N2O5. The van der Waals surface area contributed by atoms with Gasteiger partial charge >= 0.3 is 0 Å². The van der Waals surface area contributed by atoms with Crippen LogP contribution in [0.1, 0.15) is 84.3 Å². The average Bonchev–Trinajstić information content (AvgIpc) is 3.23. The van der Waals surface area contributed by atoms with Gasteiger partial charge < -0.3 is 15.1 Å². The first-order valence-corrected chi connectivity index (χ1v) is 15.9. The standard InChI is InChI=1S/C37H42N2O5/c1-6-9-18-38(19-10-7-2)25-15-12-23(13-16-25)30-32(40)26(33(30)41)22-29-37(4,5)27-21-24(31-34(42)36(44)35(31)43)14-17-28(27)39(29)20-11-8-3/h12-17,21-22H,6-11,18-20H2,1-5H3,(H-,40,41,42,43). The van der Waals surface area contributed by atoms with Gasteiger partial charge in [-0.15, -0.1) is 0 Å². The lowest BCUT2D eigenvalue weighted by Crippen LogP contribution is -2.34. The average molecular weight is 595 g/mol. The first kappa shape index (κ1) is 31.2. The molecule has 0 unspecified atom stereocenters. The third kappa shape index (κ3) is 5.23. The van der Waals surface area contributed by atoms with Crippen molar-refractivity contribution in [2.24, 2.45) is 0 Å². The van der Waals surface area contributed by atoms with Gasteiger partial charge in [-0.1, -0.05) is 57.9 Å². The maximum atomic E-state index is 13.5. The molecule has 2 aliphatic rings. The number of hydrogen-bond acceptors (Lipinski definition) is 6. The highest BCUT2D eigenvalue weighted by Gasteiger charge is 2.46. The number of allylic oxidation sites excluding steroid dienone is 3. The zero-order valence-electron chi connectivity index (χ0n) is 26.5. The number of anilines is 1. The minimum Gasteiger partial charge on any atom is -0.871 e. The Kier molecular flexibility index (Phi) is 8.78. The lowest BCUT2D eigenvalue weighted by molar-refractivity contribution is -0.438. The highest BCUT2D eigenvalue weighted by molar-refractivity contribution is 6.40. The number of rotatable bonds is 13. The number of fused-ring (bicyclic) bond motifs is 1. The number of ketones is 1. The summed E-state index contributed by atoms with van der Waals surface area (Å²) < 4.78 is 2.14. The Morgan fingerprint density at radius 2 is 1.48 bits per heavy atom. The molecule has 3 aromatic carbocycles. The number of nitrogens with zero attached hydrogens (tertiary/aromatic N) is 2. The fourth-order valence-corrected chi connectivity index (χ4v) is 6.35. The topological polar surface area (TPSA) is 101 Å². The number of benzene rings is 2. The van der Waals surface area contributed by atoms with Crippen molar-refractivity contribution in [3.05, 3.63) is 91.4 Å². The molecule has 0 saturated heterocycles. The van der Waals surface area contributed by atoms with Gasteiger partial charge in [0, 0.05) is 54.0 Å². The van der Waals surface area contributed by atoms with E-state index < -0.39 is 22.0 Å². The van der Waals surface area contributed by atoms with Crippen LogP contribution in [0, 0.1) is 0 Å². The van der Waals surface area contributed by atoms with Crippen molar-refractivity contribution in [3.63, 3.8) is 0 Å². The van der Waals surface area contributed by atoms with Crippen LogP contribution in [-0.4, -0.2) is 40.8 Å². The molecule has 44 heavy (non-hydrogen) atoms. The van der Waals surface area contributed by atoms with E-state index in [1.807, 2.05) is 50.2 Å². The van der Waals surface area contributed by atoms with Gasteiger partial charge in [0.25, 0.3) is 5.43 Å². The van der Waals surface area contributed by atoms with Crippen LogP contribution < -0.4 is 20.9 Å². The number of carbonyl (C=O) groups excluding carboxylic acids is 1. The SMILES string of the molecule is CCCCN(CCCC)c1ccc(C2=C([O-])/C(=C\C3=[N+](CCCC)c4ccc(-c5c(O)c(=O)c5=O)cc4C3(C)C)C2=O)cc1. The molecular weight excluding hydrogens is 552 g/mol. The quantitative estimate of drug-likeness (QED) is 0.159. The predicted octanol–water partition coefficient (Wildman–Crippen LogP) is 5.52. The van der Waals surface area contributed by atoms with Gasteiger partial charge in [-0.2, -0.15) is 4.58 Å². The summed E-state index contributed by atoms with van der Waals surface area (Å²) in [6.45, 7) is 13.2. The third-order valence-corrected chi connectivity index (χ3v) is 9.11. The van der Waals surface area contributed by atoms with Gasteiger partial charge in [0.1, 0.15) is 6.54 Å². The lowest BCUT2D eigenvalue weighted by atomic mass is 9.77. The van der Waals surface area contributed by atoms with Crippen molar-refractivity contribution < 1.29 is 19.6 Å². The Labute approximate surface area is 259 Å². The van der Waals surface area contributed by atoms with Gasteiger partial charge in [-0.25, -0.2) is 0 Å². The fraction of sp³-hybridized carbons (Fsp3) is 0.405. The molecule has 5 rings (SSSR count). The maximum absolute atomic E-state index is 13.5. The van der Waals surface area contributed by atoms with Crippen LogP contribution in [0.5, 0.6) is 5.75 Å². The second kappa shape index (κ2) is 12.4. The van der Waals surface area contributed by atoms with E-state index in [0.717, 1.165) is 74.3 Å². The molecule has 3 aromatic rings. The van der Waals surface area contributed by atoms with Crippen molar-refractivity contribution in [2.75, 3.05) is 24.5 Å². The van der Waals surface area contributed by atoms with Crippen LogP contribution in [0.2, 0.25) is 0 Å². The molecule has 0 aromatic heterocycles. The summed E-state index contributed by atoms with van der Waals surface area (Å²) >= 11 is 0. The lowest BCUT2D eigenvalue weighted by Gasteiger charge is -2.31. The van der Waals surface area contributed by atoms with E-state index in [1.54, 1.807) is 12.1 Å². The van der Waals surface area contributed by atoms with Gasteiger partial charge in [-0.3, -0.25) is 14.4 Å². The normalized spacial score (nSPS) is 16.7. The highest BCUT2D eigenvalue weighted by Crippen LogP contribution is 2.44. The molecule has 0 fully saturated rings. The van der Waals surface area contributed by atoms with E-state index in [4.69, 9.17) is 0 Å². The molecule has 1 heterocycles. The second-order valence-corrected chi connectivity index (χ2v) is 12.5. The number of carbonyl (C=O) groups is 1. The summed E-state index contributed by atoms with van der Waals surface area (Å²) in [5.41, 5.74) is 3.18. The van der Waals surface area contributed by atoms with E-state index in [9.17, 15) is 24.6 Å². The molecule has 0 amide bonds. The summed E-state index contributed by atoms with van der Waals surface area (Å²) in [6.07, 6.45) is 8.08. The molecule has 0 saturated carbocycles. The molecule has 7 heteroatoms. The first-order chi connectivity index (χ1) is 21.1. The van der Waals surface area contributed by atoms with Gasteiger partial charge in [0.2, 0.25) is 11.1 Å². The van der Waals surface area contributed by atoms with Crippen molar-refractivity contribution in [1.82, 2.24) is 0 Å². The van der Waals surface area contributed by atoms with E-state index in [1.165, 1.54) is 0 Å². The second-order valence-electron chi connectivity index (χ2n) is 12.5. The molecule has 1 N–H and O–H groups in total. The molecule has 1 aliphatic carbocycles. The van der Waals surface area contributed by atoms with Crippen LogP contribution in [-0.2, 0) is 10.2 Å². The predicted molar refractivity (Wildman–Crippen MR) is 175 cm³/mol. The summed E-state index contributed by atoms with van der Waals surface area (Å²) in [4.78, 5) is 39.7. The van der Waals surface area contributed by atoms with E-state index in [2.05, 4.69) is 30.2 Å². The zero-order valence-corrected chi connectivity index (χ0v) is 26.5. The fourth-order valence-electron chi connectivity index (χ4n) is 6.35. The smallest absolute Gasteiger partial charge is 0.268 e. The van der Waals surface area contributed by atoms with Crippen LogP contribution in [0.25, 0.3) is 16.7 Å². The van der Waals surface area contributed by atoms with Crippen molar-refractivity contribution in [2.45, 2.75) is 78.6 Å². The Bertz CT molecular complexity index is 1760. The minimum atomic E-state index is -0.865. The van der Waals surface area contributed by atoms with Crippen LogP contribution in [0.4, 0.5) is 11.4 Å². The molecule has 230 valence electrons.